The summed E-state index contributed by atoms with van der Waals surface area (Å²) in [5, 5.41) is 14.7. The summed E-state index contributed by atoms with van der Waals surface area (Å²) in [5.41, 5.74) is 2.52. The molecule has 34 heavy (non-hydrogen) atoms. The number of ether oxygens (including phenoxy) is 2. The van der Waals surface area contributed by atoms with Crippen LogP contribution < -0.4 is 20.1 Å². The molecule has 0 fully saturated rings. The smallest absolute Gasteiger partial charge is 0.266 e. The summed E-state index contributed by atoms with van der Waals surface area (Å²) >= 11 is 0. The SMILES string of the molecule is COc1cc(C=C(C#N)C(=O)Nc2ccc(C)cc2)ccc1OCC(=O)Nc1ccc(F)cc1. The number of halogens is 1. The van der Waals surface area contributed by atoms with Gasteiger partial charge in [-0.25, -0.2) is 4.39 Å². The summed E-state index contributed by atoms with van der Waals surface area (Å²) in [6.45, 7) is 1.64. The number of rotatable bonds is 8. The van der Waals surface area contributed by atoms with E-state index in [0.29, 0.717) is 28.4 Å². The van der Waals surface area contributed by atoms with Gasteiger partial charge in [0.05, 0.1) is 7.11 Å². The number of nitrogens with zero attached hydrogens (tertiary/aromatic N) is 1. The molecule has 3 aromatic rings. The molecule has 3 aromatic carbocycles. The maximum absolute atomic E-state index is 13.0. The maximum Gasteiger partial charge on any atom is 0.266 e. The largest absolute Gasteiger partial charge is 0.493 e. The Balaban J connectivity index is 1.66. The van der Waals surface area contributed by atoms with E-state index >= 15 is 0 Å². The summed E-state index contributed by atoms with van der Waals surface area (Å²) in [5.74, 6) is -0.753. The van der Waals surface area contributed by atoms with E-state index < -0.39 is 17.6 Å². The van der Waals surface area contributed by atoms with E-state index in [1.54, 1.807) is 30.3 Å². The Kier molecular flexibility index (Phi) is 7.97. The molecule has 0 heterocycles. The fraction of sp³-hybridized carbons (Fsp3) is 0.115. The Labute approximate surface area is 196 Å². The summed E-state index contributed by atoms with van der Waals surface area (Å²) in [6.07, 6.45) is 1.43. The van der Waals surface area contributed by atoms with E-state index in [1.807, 2.05) is 25.1 Å². The van der Waals surface area contributed by atoms with Gasteiger partial charge < -0.3 is 20.1 Å². The molecule has 2 N–H and O–H groups in total. The van der Waals surface area contributed by atoms with Crippen molar-refractivity contribution in [2.24, 2.45) is 0 Å². The molecule has 7 nitrogen and oxygen atoms in total. The minimum atomic E-state index is -0.539. The lowest BCUT2D eigenvalue weighted by atomic mass is 10.1. The Morgan fingerprint density at radius 3 is 2.26 bits per heavy atom. The topological polar surface area (TPSA) is 100 Å². The average molecular weight is 459 g/mol. The standard InChI is InChI=1S/C26H22FN3O4/c1-17-3-8-22(9-4-17)30-26(32)19(15-28)13-18-5-12-23(24(14-18)33-2)34-16-25(31)29-21-10-6-20(27)7-11-21/h3-14H,16H2,1-2H3,(H,29,31)(H,30,32). The molecule has 0 saturated heterocycles. The van der Waals surface area contributed by atoms with Crippen molar-refractivity contribution in [1.82, 2.24) is 0 Å². The first-order valence-electron chi connectivity index (χ1n) is 10.2. The van der Waals surface area contributed by atoms with Gasteiger partial charge in [0.25, 0.3) is 11.8 Å². The van der Waals surface area contributed by atoms with E-state index in [0.717, 1.165) is 5.56 Å². The van der Waals surface area contributed by atoms with Gasteiger partial charge >= 0.3 is 0 Å². The van der Waals surface area contributed by atoms with E-state index in [-0.39, 0.29) is 12.2 Å². The Hall–Kier alpha value is -4.64. The summed E-state index contributed by atoms with van der Waals surface area (Å²) < 4.78 is 23.8. The monoisotopic (exact) mass is 459 g/mol. The minimum absolute atomic E-state index is 0.0880. The number of benzene rings is 3. The molecule has 0 aliphatic carbocycles. The molecule has 0 aliphatic heterocycles. The van der Waals surface area contributed by atoms with Crippen molar-refractivity contribution in [3.63, 3.8) is 0 Å². The van der Waals surface area contributed by atoms with Crippen molar-refractivity contribution in [3.05, 3.63) is 89.2 Å². The maximum atomic E-state index is 13.0. The van der Waals surface area contributed by atoms with E-state index in [9.17, 15) is 19.2 Å². The average Bonchev–Trinajstić information content (AvgIpc) is 2.84. The van der Waals surface area contributed by atoms with Crippen LogP contribution in [0.1, 0.15) is 11.1 Å². The zero-order chi connectivity index (χ0) is 24.5. The molecule has 0 spiro atoms. The number of hydrogen-bond donors (Lipinski definition) is 2. The fourth-order valence-electron chi connectivity index (χ4n) is 2.92. The van der Waals surface area contributed by atoms with Gasteiger partial charge in [-0.1, -0.05) is 23.8 Å². The lowest BCUT2D eigenvalue weighted by Gasteiger charge is -2.12. The predicted octanol–water partition coefficient (Wildman–Crippen LogP) is 4.71. The van der Waals surface area contributed by atoms with Gasteiger partial charge in [0, 0.05) is 11.4 Å². The second-order valence-electron chi connectivity index (χ2n) is 7.24. The molecule has 0 saturated carbocycles. The number of methoxy groups -OCH3 is 1. The first kappa shape index (κ1) is 24.0. The molecule has 0 unspecified atom stereocenters. The Bertz CT molecular complexity index is 1250. The van der Waals surface area contributed by atoms with Crippen LogP contribution in [0.5, 0.6) is 11.5 Å². The van der Waals surface area contributed by atoms with Gasteiger partial charge in [-0.05, 0) is 67.1 Å². The van der Waals surface area contributed by atoms with Crippen LogP contribution in [0, 0.1) is 24.1 Å². The molecular formula is C26H22FN3O4. The molecule has 2 amide bonds. The molecule has 8 heteroatoms. The van der Waals surface area contributed by atoms with Crippen molar-refractivity contribution in [2.45, 2.75) is 6.92 Å². The minimum Gasteiger partial charge on any atom is -0.493 e. The lowest BCUT2D eigenvalue weighted by molar-refractivity contribution is -0.118. The van der Waals surface area contributed by atoms with Gasteiger partial charge in [-0.3, -0.25) is 9.59 Å². The molecule has 0 radical (unpaired) electrons. The third kappa shape index (κ3) is 6.68. The second kappa shape index (κ2) is 11.3. The van der Waals surface area contributed by atoms with Crippen LogP contribution in [0.4, 0.5) is 15.8 Å². The molecule has 0 aliphatic rings. The van der Waals surface area contributed by atoms with Gasteiger partial charge in [-0.2, -0.15) is 5.26 Å². The first-order valence-corrected chi connectivity index (χ1v) is 10.2. The summed E-state index contributed by atoms with van der Waals surface area (Å²) in [7, 11) is 1.43. The highest BCUT2D eigenvalue weighted by molar-refractivity contribution is 6.09. The molecule has 0 aromatic heterocycles. The number of nitrogens with one attached hydrogen (secondary N) is 2. The molecular weight excluding hydrogens is 437 g/mol. The number of carbonyl (C=O) groups excluding carboxylic acids is 2. The lowest BCUT2D eigenvalue weighted by Crippen LogP contribution is -2.20. The van der Waals surface area contributed by atoms with Crippen LogP contribution >= 0.6 is 0 Å². The zero-order valence-corrected chi connectivity index (χ0v) is 18.6. The van der Waals surface area contributed by atoms with Crippen LogP contribution in [0.15, 0.2) is 72.3 Å². The first-order chi connectivity index (χ1) is 16.4. The highest BCUT2D eigenvalue weighted by Gasteiger charge is 2.12. The molecule has 0 atom stereocenters. The highest BCUT2D eigenvalue weighted by atomic mass is 19.1. The summed E-state index contributed by atoms with van der Waals surface area (Å²) in [6, 6.07) is 19.3. The fourth-order valence-corrected chi connectivity index (χ4v) is 2.92. The highest BCUT2D eigenvalue weighted by Crippen LogP contribution is 2.29. The number of nitriles is 1. The third-order valence-electron chi connectivity index (χ3n) is 4.66. The van der Waals surface area contributed by atoms with E-state index in [4.69, 9.17) is 9.47 Å². The molecule has 3 rings (SSSR count). The van der Waals surface area contributed by atoms with Crippen molar-refractivity contribution >= 4 is 29.3 Å². The number of aryl methyl sites for hydroxylation is 1. The van der Waals surface area contributed by atoms with Gasteiger partial charge in [0.15, 0.2) is 18.1 Å². The Morgan fingerprint density at radius 1 is 0.971 bits per heavy atom. The summed E-state index contributed by atoms with van der Waals surface area (Å²) in [4.78, 5) is 24.6. The van der Waals surface area contributed by atoms with Crippen LogP contribution in [-0.2, 0) is 9.59 Å². The zero-order valence-electron chi connectivity index (χ0n) is 18.6. The number of amides is 2. The predicted molar refractivity (Wildman–Crippen MR) is 127 cm³/mol. The number of anilines is 2. The number of hydrogen-bond acceptors (Lipinski definition) is 5. The van der Waals surface area contributed by atoms with Crippen LogP contribution in [0.25, 0.3) is 6.08 Å². The van der Waals surface area contributed by atoms with Crippen LogP contribution in [0.2, 0.25) is 0 Å². The Morgan fingerprint density at radius 2 is 1.62 bits per heavy atom. The molecule has 172 valence electrons. The van der Waals surface area contributed by atoms with Crippen molar-refractivity contribution in [1.29, 1.82) is 5.26 Å². The second-order valence-corrected chi connectivity index (χ2v) is 7.24. The number of carbonyl (C=O) groups is 2. The quantitative estimate of drug-likeness (QED) is 0.376. The normalized spacial score (nSPS) is 10.7. The van der Waals surface area contributed by atoms with E-state index in [1.165, 1.54) is 37.5 Å². The van der Waals surface area contributed by atoms with Gasteiger partial charge in [-0.15, -0.1) is 0 Å². The van der Waals surface area contributed by atoms with Crippen LogP contribution in [-0.4, -0.2) is 25.5 Å². The molecule has 0 bridgehead atoms. The van der Waals surface area contributed by atoms with Crippen molar-refractivity contribution < 1.29 is 23.5 Å². The van der Waals surface area contributed by atoms with E-state index in [2.05, 4.69) is 10.6 Å². The van der Waals surface area contributed by atoms with Gasteiger partial charge in [0.2, 0.25) is 0 Å². The van der Waals surface area contributed by atoms with Gasteiger partial charge in [0.1, 0.15) is 17.5 Å². The van der Waals surface area contributed by atoms with Crippen LogP contribution in [0.3, 0.4) is 0 Å². The van der Waals surface area contributed by atoms with Crippen molar-refractivity contribution in [3.8, 4) is 17.6 Å². The van der Waals surface area contributed by atoms with Crippen molar-refractivity contribution in [2.75, 3.05) is 24.4 Å². The third-order valence-corrected chi connectivity index (χ3v) is 4.66.